The van der Waals surface area contributed by atoms with Crippen molar-refractivity contribution in [1.82, 2.24) is 8.13 Å². The summed E-state index contributed by atoms with van der Waals surface area (Å²) >= 11 is 0. The highest BCUT2D eigenvalue weighted by atomic mass is 28.5. The Morgan fingerprint density at radius 2 is 1.64 bits per heavy atom. The molecule has 0 aliphatic carbocycles. The molecule has 66 valence electrons. The Labute approximate surface area is 75.4 Å². The predicted molar refractivity (Wildman–Crippen MR) is 59.1 cm³/mol. The summed E-state index contributed by atoms with van der Waals surface area (Å²) in [5.74, 6) is 0. The fraction of sp³-hybridized carbons (Fsp3) is 1.00. The molecule has 0 aromatic rings. The van der Waals surface area contributed by atoms with Crippen molar-refractivity contribution in [2.24, 2.45) is 0 Å². The number of hydrogen-bond acceptors (Lipinski definition) is 2. The number of nitrogens with zero attached hydrogens (tertiary/aromatic N) is 2. The van der Waals surface area contributed by atoms with Gasteiger partial charge < -0.3 is 8.13 Å². The molecule has 1 rings (SSSR count). The van der Waals surface area contributed by atoms with Crippen molar-refractivity contribution in [1.29, 1.82) is 0 Å². The van der Waals surface area contributed by atoms with Crippen LogP contribution in [0.4, 0.5) is 0 Å². The Morgan fingerprint density at radius 1 is 1.18 bits per heavy atom. The molecule has 11 heavy (non-hydrogen) atoms. The lowest BCUT2D eigenvalue weighted by molar-refractivity contribution is 0.549. The first kappa shape index (κ1) is 9.66. The highest BCUT2D eigenvalue weighted by Crippen LogP contribution is 2.20. The summed E-state index contributed by atoms with van der Waals surface area (Å²) in [5.41, 5.74) is 0. The normalized spacial score (nSPS) is 34.4. The fourth-order valence-corrected chi connectivity index (χ4v) is 18.8. The van der Waals surface area contributed by atoms with E-state index >= 15 is 0 Å². The maximum Gasteiger partial charge on any atom is 0.168 e. The van der Waals surface area contributed by atoms with Crippen LogP contribution in [0.1, 0.15) is 6.92 Å². The van der Waals surface area contributed by atoms with E-state index in [2.05, 4.69) is 41.2 Å². The average Bonchev–Trinajstić information content (AvgIpc) is 1.87. The first-order valence-electron chi connectivity index (χ1n) is 4.62. The van der Waals surface area contributed by atoms with E-state index in [-0.39, 0.29) is 0 Å². The molecule has 0 N–H and O–H groups in total. The first-order valence-corrected chi connectivity index (χ1v) is 11.8. The highest BCUT2D eigenvalue weighted by Gasteiger charge is 2.42. The maximum atomic E-state index is 2.95. The smallest absolute Gasteiger partial charge is 0.168 e. The molecule has 0 bridgehead atoms. The summed E-state index contributed by atoms with van der Waals surface area (Å²) in [7, 11) is -1.48. The molecule has 0 amide bonds. The standard InChI is InChI=1S/C6H20N2Si3/c1-6-7-10(4)8(9(2)3)11(7)5/h9-11H,6H2,1-5H3. The molecule has 0 saturated carbocycles. The van der Waals surface area contributed by atoms with Crippen LogP contribution in [0.3, 0.4) is 0 Å². The third kappa shape index (κ3) is 1.52. The molecule has 2 nitrogen and oxygen atoms in total. The van der Waals surface area contributed by atoms with Crippen LogP contribution in [0.25, 0.3) is 0 Å². The van der Waals surface area contributed by atoms with Crippen molar-refractivity contribution >= 4 is 27.2 Å². The zero-order valence-corrected chi connectivity index (χ0v) is 11.8. The van der Waals surface area contributed by atoms with E-state index in [1.54, 1.807) is 0 Å². The monoisotopic (exact) mass is 204 g/mol. The van der Waals surface area contributed by atoms with Gasteiger partial charge in [0.05, 0.1) is 8.96 Å². The van der Waals surface area contributed by atoms with Crippen molar-refractivity contribution in [2.75, 3.05) is 6.54 Å². The van der Waals surface area contributed by atoms with Crippen LogP contribution in [0.2, 0.25) is 26.2 Å². The van der Waals surface area contributed by atoms with Crippen molar-refractivity contribution in [2.45, 2.75) is 33.1 Å². The molecule has 0 aromatic carbocycles. The van der Waals surface area contributed by atoms with Gasteiger partial charge in [-0.2, -0.15) is 0 Å². The topological polar surface area (TPSA) is 6.48 Å². The van der Waals surface area contributed by atoms with Crippen LogP contribution in [0, 0.1) is 0 Å². The van der Waals surface area contributed by atoms with Gasteiger partial charge in [0.15, 0.2) is 18.2 Å². The van der Waals surface area contributed by atoms with E-state index in [0.717, 1.165) is 0 Å². The third-order valence-corrected chi connectivity index (χ3v) is 19.7. The van der Waals surface area contributed by atoms with Crippen LogP contribution in [-0.2, 0) is 0 Å². The molecule has 0 radical (unpaired) electrons. The van der Waals surface area contributed by atoms with Crippen LogP contribution >= 0.6 is 0 Å². The largest absolute Gasteiger partial charge is 0.352 e. The maximum absolute atomic E-state index is 2.95. The number of hydrogen-bond donors (Lipinski definition) is 0. The van der Waals surface area contributed by atoms with E-state index in [4.69, 9.17) is 0 Å². The zero-order valence-electron chi connectivity index (χ0n) is 8.33. The van der Waals surface area contributed by atoms with Crippen LogP contribution in [0.5, 0.6) is 0 Å². The van der Waals surface area contributed by atoms with Crippen LogP contribution < -0.4 is 0 Å². The minimum atomic E-state index is -0.525. The van der Waals surface area contributed by atoms with Gasteiger partial charge in [-0.05, 0) is 19.6 Å². The lowest BCUT2D eigenvalue weighted by Gasteiger charge is -2.56. The Balaban J connectivity index is 2.49. The predicted octanol–water partition coefficient (Wildman–Crippen LogP) is 0.308. The molecular weight excluding hydrogens is 184 g/mol. The Bertz CT molecular complexity index is 132. The van der Waals surface area contributed by atoms with E-state index in [1.165, 1.54) is 6.54 Å². The van der Waals surface area contributed by atoms with E-state index < -0.39 is 27.2 Å². The van der Waals surface area contributed by atoms with Crippen molar-refractivity contribution in [3.63, 3.8) is 0 Å². The van der Waals surface area contributed by atoms with E-state index in [1.807, 2.05) is 0 Å². The van der Waals surface area contributed by atoms with Gasteiger partial charge in [-0.1, -0.05) is 20.0 Å². The first-order chi connectivity index (χ1) is 5.09. The second-order valence-electron chi connectivity index (χ2n) is 3.64. The Morgan fingerprint density at radius 3 is 1.91 bits per heavy atom. The summed E-state index contributed by atoms with van der Waals surface area (Å²) in [6.07, 6.45) is 0. The minimum Gasteiger partial charge on any atom is -0.352 e. The van der Waals surface area contributed by atoms with Gasteiger partial charge in [0.1, 0.15) is 0 Å². The van der Waals surface area contributed by atoms with E-state index in [0.29, 0.717) is 0 Å². The van der Waals surface area contributed by atoms with Crippen molar-refractivity contribution < 1.29 is 0 Å². The van der Waals surface area contributed by atoms with Gasteiger partial charge >= 0.3 is 0 Å². The molecule has 1 aliphatic rings. The Hall–Kier alpha value is 0.571. The summed E-state index contributed by atoms with van der Waals surface area (Å²) in [5, 5.41) is 0. The average molecular weight is 204 g/mol. The lowest BCUT2D eigenvalue weighted by atomic mass is 10.8. The quantitative estimate of drug-likeness (QED) is 0.598. The minimum absolute atomic E-state index is 0.431. The summed E-state index contributed by atoms with van der Waals surface area (Å²) in [6, 6.07) is 0. The SMILES string of the molecule is CCN1[SiH](C)N([SiH](C)C)[SiH]1C. The van der Waals surface area contributed by atoms with Crippen molar-refractivity contribution in [3.8, 4) is 0 Å². The zero-order chi connectivity index (χ0) is 8.59. The van der Waals surface area contributed by atoms with Crippen molar-refractivity contribution in [3.05, 3.63) is 0 Å². The molecule has 2 unspecified atom stereocenters. The molecule has 1 fully saturated rings. The fourth-order valence-electron chi connectivity index (χ4n) is 2.29. The molecule has 1 aliphatic heterocycles. The highest BCUT2D eigenvalue weighted by molar-refractivity contribution is 6.95. The lowest BCUT2D eigenvalue weighted by Crippen LogP contribution is -2.77. The van der Waals surface area contributed by atoms with E-state index in [9.17, 15) is 0 Å². The number of rotatable bonds is 2. The van der Waals surface area contributed by atoms with Gasteiger partial charge in [-0.3, -0.25) is 0 Å². The van der Waals surface area contributed by atoms with Gasteiger partial charge in [-0.15, -0.1) is 0 Å². The second kappa shape index (κ2) is 3.53. The van der Waals surface area contributed by atoms with Crippen LogP contribution in [-0.4, -0.2) is 41.9 Å². The molecular formula is C6H20N2Si3. The van der Waals surface area contributed by atoms with Crippen LogP contribution in [0.15, 0.2) is 0 Å². The molecule has 0 aromatic heterocycles. The molecule has 1 saturated heterocycles. The molecule has 1 heterocycles. The molecule has 0 spiro atoms. The summed E-state index contributed by atoms with van der Waals surface area (Å²) in [4.78, 5) is 0. The summed E-state index contributed by atoms with van der Waals surface area (Å²) in [6.45, 7) is 13.6. The third-order valence-electron chi connectivity index (χ3n) is 2.78. The van der Waals surface area contributed by atoms with Gasteiger partial charge in [0.25, 0.3) is 0 Å². The molecule has 5 heteroatoms. The molecule has 2 atom stereocenters. The Kier molecular flexibility index (Phi) is 3.10. The second-order valence-corrected chi connectivity index (χ2v) is 13.9. The summed E-state index contributed by atoms with van der Waals surface area (Å²) < 4.78 is 5.76. The van der Waals surface area contributed by atoms with Gasteiger partial charge in [-0.25, -0.2) is 0 Å². The van der Waals surface area contributed by atoms with Gasteiger partial charge in [0, 0.05) is 0 Å². The van der Waals surface area contributed by atoms with Gasteiger partial charge in [0.2, 0.25) is 0 Å².